The number of primary amides is 1. The van der Waals surface area contributed by atoms with Gasteiger partial charge in [0, 0.05) is 89.2 Å². The lowest BCUT2D eigenvalue weighted by Crippen LogP contribution is -2.54. The summed E-state index contributed by atoms with van der Waals surface area (Å²) in [7, 11) is 1.84. The fraction of sp³-hybridized carbons (Fsp3) is 0.432. The Morgan fingerprint density at radius 3 is 2.40 bits per heavy atom. The molecule has 3 aromatic carbocycles. The number of urea groups is 1. The maximum absolute atomic E-state index is 12.8. The van der Waals surface area contributed by atoms with Crippen molar-refractivity contribution in [2.45, 2.75) is 62.4 Å². The van der Waals surface area contributed by atoms with E-state index in [4.69, 9.17) is 15.2 Å². The van der Waals surface area contributed by atoms with E-state index in [-0.39, 0.29) is 36.0 Å². The van der Waals surface area contributed by atoms with Crippen LogP contribution in [0, 0.1) is 0 Å². The van der Waals surface area contributed by atoms with E-state index >= 15 is 0 Å². The highest BCUT2D eigenvalue weighted by Gasteiger charge is 2.38. The molecule has 0 spiro atoms. The van der Waals surface area contributed by atoms with Crippen LogP contribution in [-0.4, -0.2) is 125 Å². The van der Waals surface area contributed by atoms with Gasteiger partial charge in [0.25, 0.3) is 5.91 Å². The van der Waals surface area contributed by atoms with Gasteiger partial charge in [0.05, 0.1) is 23.5 Å². The predicted molar refractivity (Wildman–Crippen MR) is 226 cm³/mol. The zero-order chi connectivity index (χ0) is 41.1. The molecule has 5 aliphatic heterocycles. The number of nitrogens with one attached hydrogen (secondary N) is 2. The number of rotatable bonds is 9. The van der Waals surface area contributed by atoms with Crippen LogP contribution in [0.3, 0.4) is 0 Å². The maximum atomic E-state index is 12.8. The van der Waals surface area contributed by atoms with Gasteiger partial charge in [-0.1, -0.05) is 29.4 Å². The number of benzene rings is 3. The van der Waals surface area contributed by atoms with Gasteiger partial charge in [-0.2, -0.15) is 0 Å². The van der Waals surface area contributed by atoms with Gasteiger partial charge in [-0.05, 0) is 78.8 Å². The Bertz CT molecular complexity index is 2490. The lowest BCUT2D eigenvalue weighted by molar-refractivity contribution is -0.134. The van der Waals surface area contributed by atoms with Crippen molar-refractivity contribution in [1.29, 1.82) is 0 Å². The molecule has 5 aromatic rings. The molecule has 310 valence electrons. The molecule has 16 nitrogen and oxygen atoms in total. The Hall–Kier alpha value is -6.29. The zero-order valence-corrected chi connectivity index (χ0v) is 33.7. The normalized spacial score (nSPS) is 22.2. The molecule has 2 aromatic heterocycles. The first-order chi connectivity index (χ1) is 29.2. The van der Waals surface area contributed by atoms with Crippen LogP contribution >= 0.6 is 0 Å². The van der Waals surface area contributed by atoms with Crippen LogP contribution in [0.5, 0.6) is 0 Å². The first-order valence-electron chi connectivity index (χ1n) is 21.1. The number of carbonyl (C=O) groups is 4. The van der Waals surface area contributed by atoms with Crippen molar-refractivity contribution in [3.63, 3.8) is 0 Å². The summed E-state index contributed by atoms with van der Waals surface area (Å²) in [6.07, 6.45) is 6.30. The Morgan fingerprint density at radius 1 is 0.883 bits per heavy atom. The number of nitrogens with two attached hydrogens (primary N) is 1. The second kappa shape index (κ2) is 15.4. The number of anilines is 4. The molecule has 10 rings (SSSR count). The smallest absolute Gasteiger partial charge is 0.320 e. The third-order valence-electron chi connectivity index (χ3n) is 13.3. The molecule has 5 saturated heterocycles. The van der Waals surface area contributed by atoms with Crippen molar-refractivity contribution in [1.82, 2.24) is 35.1 Å². The Labute approximate surface area is 347 Å². The second-order valence-corrected chi connectivity index (χ2v) is 16.9. The first kappa shape index (κ1) is 37.9. The molecule has 5 aliphatic rings. The number of carbonyl (C=O) groups excluding carboxylic acids is 4. The predicted octanol–water partition coefficient (Wildman–Crippen LogP) is 4.54. The van der Waals surface area contributed by atoms with Gasteiger partial charge in [-0.15, -0.1) is 0 Å². The summed E-state index contributed by atoms with van der Waals surface area (Å²) in [5.41, 5.74) is 10.3. The topological polar surface area (TPSA) is 186 Å². The molecule has 0 bridgehead atoms. The molecule has 4 N–H and O–H groups in total. The third kappa shape index (κ3) is 6.91. The fourth-order valence-corrected chi connectivity index (χ4v) is 10.00. The highest BCUT2D eigenvalue weighted by atomic mass is 16.5. The van der Waals surface area contributed by atoms with Gasteiger partial charge in [0.1, 0.15) is 11.5 Å². The Morgan fingerprint density at radius 2 is 1.67 bits per heavy atom. The molecular formula is C44H49N11O5. The SMILES string of the molecule is CN1CCN([C@@H]2CCCN(c3cnc(C(N)=O)c(Nc4ccc(N5CCC(N6CC(c7cc8onc(C9CCC(=O)NC9=O)c8c8ccccc78)C6)CC5)cc4)n3)C2)C1=O. The fourth-order valence-electron chi connectivity index (χ4n) is 10.00. The van der Waals surface area contributed by atoms with Crippen LogP contribution in [0.2, 0.25) is 0 Å². The van der Waals surface area contributed by atoms with E-state index in [9.17, 15) is 19.2 Å². The number of hydrogen-bond donors (Lipinski definition) is 3. The van der Waals surface area contributed by atoms with E-state index in [0.717, 1.165) is 99.0 Å². The number of piperidine rings is 3. The van der Waals surface area contributed by atoms with Crippen LogP contribution in [0.15, 0.2) is 65.3 Å². The molecule has 0 radical (unpaired) electrons. The standard InChI is InChI=1S/C44H49N11O5/c1-51-19-20-55(44(51)59)30-5-4-16-53(25-30)36-22-46-40(41(45)57)42(48-36)47-27-8-10-28(11-9-27)52-17-14-29(15-18-52)54-23-26(24-54)34-21-35-38(32-7-3-2-6-31(32)34)39(50-60-35)33-12-13-37(56)49-43(33)58/h2-3,6-11,21-22,26,29-30,33H,4-5,12-20,23-25H2,1H3,(H2,45,57)(H,47,48)(H,49,56,58)/t30-,33?/m1/s1. The van der Waals surface area contributed by atoms with Crippen molar-refractivity contribution < 1.29 is 23.7 Å². The summed E-state index contributed by atoms with van der Waals surface area (Å²) >= 11 is 0. The summed E-state index contributed by atoms with van der Waals surface area (Å²) in [4.78, 5) is 69.8. The van der Waals surface area contributed by atoms with Gasteiger partial charge in [-0.3, -0.25) is 24.6 Å². The third-order valence-corrected chi connectivity index (χ3v) is 13.3. The molecule has 16 heteroatoms. The lowest BCUT2D eigenvalue weighted by atomic mass is 9.83. The van der Waals surface area contributed by atoms with Crippen molar-refractivity contribution in [2.75, 3.05) is 74.5 Å². The number of likely N-dealkylation sites (N-methyl/N-ethyl adjacent to an activating group) is 1. The van der Waals surface area contributed by atoms with E-state index in [1.807, 2.05) is 30.1 Å². The molecular weight excluding hydrogens is 763 g/mol. The average molecular weight is 812 g/mol. The molecule has 5 amide bonds. The summed E-state index contributed by atoms with van der Waals surface area (Å²) in [5.74, 6) is -0.407. The van der Waals surface area contributed by atoms with Crippen LogP contribution in [0.4, 0.5) is 27.8 Å². The molecule has 0 aliphatic carbocycles. The monoisotopic (exact) mass is 811 g/mol. The number of fused-ring (bicyclic) bond motifs is 3. The highest BCUT2D eigenvalue weighted by Crippen LogP contribution is 2.42. The Kier molecular flexibility index (Phi) is 9.73. The van der Waals surface area contributed by atoms with Crippen molar-refractivity contribution in [3.8, 4) is 0 Å². The molecule has 5 fully saturated rings. The van der Waals surface area contributed by atoms with E-state index in [1.165, 1.54) is 5.56 Å². The highest BCUT2D eigenvalue weighted by molar-refractivity contribution is 6.11. The van der Waals surface area contributed by atoms with E-state index in [1.54, 1.807) is 11.1 Å². The largest absolute Gasteiger partial charge is 0.371 e. The van der Waals surface area contributed by atoms with Crippen LogP contribution in [0.1, 0.15) is 72.1 Å². The van der Waals surface area contributed by atoms with Crippen molar-refractivity contribution in [2.24, 2.45) is 5.73 Å². The minimum Gasteiger partial charge on any atom is -0.371 e. The number of imide groups is 1. The van der Waals surface area contributed by atoms with Crippen LogP contribution in [-0.2, 0) is 9.59 Å². The zero-order valence-electron chi connectivity index (χ0n) is 33.7. The van der Waals surface area contributed by atoms with Crippen LogP contribution < -0.4 is 26.2 Å². The van der Waals surface area contributed by atoms with Crippen molar-refractivity contribution >= 4 is 68.5 Å². The van der Waals surface area contributed by atoms with Gasteiger partial charge in [0.2, 0.25) is 11.8 Å². The molecule has 1 unspecified atom stereocenters. The molecule has 60 heavy (non-hydrogen) atoms. The van der Waals surface area contributed by atoms with Gasteiger partial charge >= 0.3 is 6.03 Å². The second-order valence-electron chi connectivity index (χ2n) is 16.9. The van der Waals surface area contributed by atoms with E-state index < -0.39 is 11.8 Å². The molecule has 2 atom stereocenters. The lowest BCUT2D eigenvalue weighted by Gasteiger charge is -2.48. The summed E-state index contributed by atoms with van der Waals surface area (Å²) in [6.45, 7) is 6.74. The van der Waals surface area contributed by atoms with Gasteiger partial charge in [0.15, 0.2) is 17.1 Å². The number of amides is 5. The Balaban J connectivity index is 0.765. The number of likely N-dealkylation sites (tertiary alicyclic amines) is 1. The minimum atomic E-state index is -0.656. The minimum absolute atomic E-state index is 0.0656. The number of nitrogens with zero attached hydrogens (tertiary/aromatic N) is 8. The quantitative estimate of drug-likeness (QED) is 0.177. The van der Waals surface area contributed by atoms with Gasteiger partial charge in [-0.25, -0.2) is 14.8 Å². The average Bonchev–Trinajstić information content (AvgIpc) is 3.82. The van der Waals surface area contributed by atoms with Gasteiger partial charge < -0.3 is 35.2 Å². The number of hydrogen-bond acceptors (Lipinski definition) is 12. The van der Waals surface area contributed by atoms with Crippen LogP contribution in [0.25, 0.3) is 21.7 Å². The maximum Gasteiger partial charge on any atom is 0.320 e. The summed E-state index contributed by atoms with van der Waals surface area (Å²) < 4.78 is 5.87. The molecule has 0 saturated carbocycles. The summed E-state index contributed by atoms with van der Waals surface area (Å²) in [6, 6.07) is 19.3. The van der Waals surface area contributed by atoms with Crippen molar-refractivity contribution in [3.05, 3.63) is 77.7 Å². The van der Waals surface area contributed by atoms with E-state index in [2.05, 4.69) is 71.9 Å². The first-order valence-corrected chi connectivity index (χ1v) is 21.1. The van der Waals surface area contributed by atoms with E-state index in [0.29, 0.717) is 47.8 Å². The molecule has 7 heterocycles. The number of aromatic nitrogens is 3. The summed E-state index contributed by atoms with van der Waals surface area (Å²) in [5, 5.41) is 13.2.